The van der Waals surface area contributed by atoms with Gasteiger partial charge in [-0.3, -0.25) is 0 Å². The van der Waals surface area contributed by atoms with Crippen LogP contribution in [0.15, 0.2) is 6.07 Å². The second kappa shape index (κ2) is 3.21. The highest BCUT2D eigenvalue weighted by Crippen LogP contribution is 2.25. The molecule has 64 valence electrons. The molecule has 0 amide bonds. The van der Waals surface area contributed by atoms with Crippen molar-refractivity contribution in [3.8, 4) is 0 Å². The minimum Gasteiger partial charge on any atom is -0.376 e. The molecule has 0 aromatic carbocycles. The molecule has 0 saturated heterocycles. The van der Waals surface area contributed by atoms with Gasteiger partial charge in [-0.25, -0.2) is 4.98 Å². The molecule has 1 aliphatic heterocycles. The van der Waals surface area contributed by atoms with Crippen molar-refractivity contribution in [2.75, 3.05) is 6.61 Å². The third kappa shape index (κ3) is 1.42. The summed E-state index contributed by atoms with van der Waals surface area (Å²) in [5, 5.41) is 0.929. The first-order chi connectivity index (χ1) is 5.77. The summed E-state index contributed by atoms with van der Waals surface area (Å²) in [6, 6.07) is 1.85. The van der Waals surface area contributed by atoms with E-state index in [9.17, 15) is 0 Å². The molecule has 0 atom stereocenters. The highest BCUT2D eigenvalue weighted by Gasteiger charge is 2.14. The van der Waals surface area contributed by atoms with Gasteiger partial charge in [0, 0.05) is 5.56 Å². The summed E-state index contributed by atoms with van der Waals surface area (Å²) in [7, 11) is 0. The number of ether oxygens (including phenoxy) is 1. The Morgan fingerprint density at radius 2 is 2.25 bits per heavy atom. The van der Waals surface area contributed by atoms with E-state index in [-0.39, 0.29) is 0 Å². The fourth-order valence-electron chi connectivity index (χ4n) is 1.29. The zero-order valence-electron chi connectivity index (χ0n) is 6.31. The minimum atomic E-state index is 0.459. The normalized spacial score (nSPS) is 15.8. The summed E-state index contributed by atoms with van der Waals surface area (Å²) >= 11 is 11.6. The minimum absolute atomic E-state index is 0.459. The van der Waals surface area contributed by atoms with Gasteiger partial charge in [-0.15, -0.1) is 0 Å². The molecular formula is C8H7Cl2NO. The average molecular weight is 204 g/mol. The molecule has 4 heteroatoms. The molecule has 0 saturated carbocycles. The van der Waals surface area contributed by atoms with Crippen molar-refractivity contribution in [2.45, 2.75) is 13.0 Å². The van der Waals surface area contributed by atoms with Gasteiger partial charge in [0.05, 0.1) is 13.2 Å². The standard InChI is InChI=1S/C8H7Cl2NO/c9-7-3-5-1-2-12-4-6(5)8(10)11-7/h3H,1-2,4H2. The largest absolute Gasteiger partial charge is 0.376 e. The Hall–Kier alpha value is -0.310. The second-order valence-corrected chi connectivity index (χ2v) is 3.42. The lowest BCUT2D eigenvalue weighted by Crippen LogP contribution is -2.11. The summed E-state index contributed by atoms with van der Waals surface area (Å²) in [5.74, 6) is 0. The molecule has 12 heavy (non-hydrogen) atoms. The van der Waals surface area contributed by atoms with Crippen LogP contribution in [0.4, 0.5) is 0 Å². The van der Waals surface area contributed by atoms with Gasteiger partial charge in [-0.2, -0.15) is 0 Å². The summed E-state index contributed by atoms with van der Waals surface area (Å²) in [4.78, 5) is 3.94. The van der Waals surface area contributed by atoms with E-state index in [1.54, 1.807) is 0 Å². The van der Waals surface area contributed by atoms with Crippen molar-refractivity contribution in [1.29, 1.82) is 0 Å². The molecular weight excluding hydrogens is 197 g/mol. The lowest BCUT2D eigenvalue weighted by Gasteiger charge is -2.16. The number of fused-ring (bicyclic) bond motifs is 1. The molecule has 0 fully saturated rings. The first kappa shape index (κ1) is 8.30. The Morgan fingerprint density at radius 1 is 1.42 bits per heavy atom. The van der Waals surface area contributed by atoms with E-state index in [4.69, 9.17) is 27.9 Å². The zero-order valence-corrected chi connectivity index (χ0v) is 7.82. The first-order valence-corrected chi connectivity index (χ1v) is 4.44. The van der Waals surface area contributed by atoms with Crippen LogP contribution in [0.3, 0.4) is 0 Å². The number of aromatic nitrogens is 1. The molecule has 0 spiro atoms. The van der Waals surface area contributed by atoms with E-state index < -0.39 is 0 Å². The molecule has 0 radical (unpaired) electrons. The summed E-state index contributed by atoms with van der Waals surface area (Å²) in [5.41, 5.74) is 2.14. The smallest absolute Gasteiger partial charge is 0.136 e. The molecule has 0 unspecified atom stereocenters. The van der Waals surface area contributed by atoms with Crippen LogP contribution in [0.25, 0.3) is 0 Å². The Labute approximate surface area is 80.5 Å². The Bertz CT molecular complexity index is 314. The average Bonchev–Trinajstić information content (AvgIpc) is 2.04. The molecule has 0 bridgehead atoms. The second-order valence-electron chi connectivity index (χ2n) is 2.68. The van der Waals surface area contributed by atoms with Gasteiger partial charge in [0.25, 0.3) is 0 Å². The van der Waals surface area contributed by atoms with Crippen LogP contribution in [0.2, 0.25) is 10.3 Å². The molecule has 2 rings (SSSR count). The number of hydrogen-bond donors (Lipinski definition) is 0. The molecule has 0 aliphatic carbocycles. The van der Waals surface area contributed by atoms with Gasteiger partial charge in [-0.1, -0.05) is 23.2 Å². The highest BCUT2D eigenvalue weighted by molar-refractivity contribution is 6.33. The van der Waals surface area contributed by atoms with E-state index in [0.717, 1.165) is 24.2 Å². The van der Waals surface area contributed by atoms with E-state index in [1.807, 2.05) is 6.07 Å². The highest BCUT2D eigenvalue weighted by atomic mass is 35.5. The van der Waals surface area contributed by atoms with Crippen LogP contribution in [0.5, 0.6) is 0 Å². The maximum atomic E-state index is 5.87. The van der Waals surface area contributed by atoms with Crippen molar-refractivity contribution in [3.63, 3.8) is 0 Å². The lowest BCUT2D eigenvalue weighted by molar-refractivity contribution is 0.110. The third-order valence-corrected chi connectivity index (χ3v) is 2.40. The van der Waals surface area contributed by atoms with Crippen molar-refractivity contribution < 1.29 is 4.74 Å². The number of pyridine rings is 1. The maximum absolute atomic E-state index is 5.87. The first-order valence-electron chi connectivity index (χ1n) is 3.69. The summed E-state index contributed by atoms with van der Waals surface area (Å²) in [6.45, 7) is 1.29. The van der Waals surface area contributed by atoms with E-state index in [2.05, 4.69) is 4.98 Å². The summed E-state index contributed by atoms with van der Waals surface area (Å²) in [6.07, 6.45) is 0.872. The van der Waals surface area contributed by atoms with Crippen LogP contribution in [-0.4, -0.2) is 11.6 Å². The van der Waals surface area contributed by atoms with Gasteiger partial charge in [-0.05, 0) is 18.1 Å². The van der Waals surface area contributed by atoms with Gasteiger partial charge in [0.2, 0.25) is 0 Å². The Balaban J connectivity index is 2.53. The van der Waals surface area contributed by atoms with Gasteiger partial charge in [0.15, 0.2) is 0 Å². The molecule has 0 N–H and O–H groups in total. The SMILES string of the molecule is Clc1cc2c(c(Cl)n1)COCC2. The molecule has 2 heterocycles. The fraction of sp³-hybridized carbons (Fsp3) is 0.375. The Kier molecular flexibility index (Phi) is 2.22. The van der Waals surface area contributed by atoms with Crippen LogP contribution in [-0.2, 0) is 17.8 Å². The van der Waals surface area contributed by atoms with Crippen LogP contribution in [0.1, 0.15) is 11.1 Å². The van der Waals surface area contributed by atoms with Crippen LogP contribution in [0, 0.1) is 0 Å². The summed E-state index contributed by atoms with van der Waals surface area (Å²) < 4.78 is 5.25. The molecule has 1 aliphatic rings. The molecule has 1 aromatic heterocycles. The number of hydrogen-bond acceptors (Lipinski definition) is 2. The predicted molar refractivity (Wildman–Crippen MR) is 47.6 cm³/mol. The third-order valence-electron chi connectivity index (χ3n) is 1.90. The fourth-order valence-corrected chi connectivity index (χ4v) is 1.82. The van der Waals surface area contributed by atoms with Gasteiger partial charge >= 0.3 is 0 Å². The van der Waals surface area contributed by atoms with Crippen molar-refractivity contribution in [1.82, 2.24) is 4.98 Å². The monoisotopic (exact) mass is 203 g/mol. The number of halogens is 2. The van der Waals surface area contributed by atoms with Crippen molar-refractivity contribution >= 4 is 23.2 Å². The van der Waals surface area contributed by atoms with Gasteiger partial charge in [0.1, 0.15) is 10.3 Å². The van der Waals surface area contributed by atoms with E-state index in [1.165, 1.54) is 0 Å². The quantitative estimate of drug-likeness (QED) is 0.605. The number of rotatable bonds is 0. The molecule has 2 nitrogen and oxygen atoms in total. The van der Waals surface area contributed by atoms with Crippen LogP contribution >= 0.6 is 23.2 Å². The zero-order chi connectivity index (χ0) is 8.55. The molecule has 1 aromatic rings. The number of nitrogens with zero attached hydrogens (tertiary/aromatic N) is 1. The Morgan fingerprint density at radius 3 is 3.08 bits per heavy atom. The van der Waals surface area contributed by atoms with Crippen molar-refractivity contribution in [2.24, 2.45) is 0 Å². The van der Waals surface area contributed by atoms with Crippen LogP contribution < -0.4 is 0 Å². The topological polar surface area (TPSA) is 22.1 Å². The van der Waals surface area contributed by atoms with Gasteiger partial charge < -0.3 is 4.74 Å². The maximum Gasteiger partial charge on any atom is 0.136 e. The van der Waals surface area contributed by atoms with E-state index in [0.29, 0.717) is 16.9 Å². The lowest BCUT2D eigenvalue weighted by atomic mass is 10.1. The van der Waals surface area contributed by atoms with Crippen molar-refractivity contribution in [3.05, 3.63) is 27.5 Å². The predicted octanol–water partition coefficient (Wildman–Crippen LogP) is 2.46. The van der Waals surface area contributed by atoms with E-state index >= 15 is 0 Å².